The molecule has 0 radical (unpaired) electrons. The predicted octanol–water partition coefficient (Wildman–Crippen LogP) is -1.22. The van der Waals surface area contributed by atoms with Gasteiger partial charge >= 0.3 is 0 Å². The van der Waals surface area contributed by atoms with E-state index in [1.165, 1.54) is 7.05 Å². The van der Waals surface area contributed by atoms with Crippen LogP contribution in [0, 0.1) is 5.92 Å². The zero-order valence-electron chi connectivity index (χ0n) is 9.40. The van der Waals surface area contributed by atoms with Crippen molar-refractivity contribution in [3.05, 3.63) is 0 Å². The molecule has 94 valence electrons. The van der Waals surface area contributed by atoms with Gasteiger partial charge in [-0.3, -0.25) is 4.79 Å². The summed E-state index contributed by atoms with van der Waals surface area (Å²) in [6, 6.07) is -0.0825. The van der Waals surface area contributed by atoms with Crippen molar-refractivity contribution >= 4 is 15.9 Å². The smallest absolute Gasteiger partial charge is 0.224 e. The van der Waals surface area contributed by atoms with Crippen LogP contribution in [-0.2, 0) is 14.8 Å². The van der Waals surface area contributed by atoms with Crippen molar-refractivity contribution in [2.45, 2.75) is 25.3 Å². The van der Waals surface area contributed by atoms with Crippen molar-refractivity contribution < 1.29 is 13.2 Å². The number of nitrogens with two attached hydrogens (primary N) is 1. The third-order valence-corrected chi connectivity index (χ3v) is 4.25. The van der Waals surface area contributed by atoms with Gasteiger partial charge in [-0.2, -0.15) is 0 Å². The summed E-state index contributed by atoms with van der Waals surface area (Å²) in [5.41, 5.74) is 5.77. The van der Waals surface area contributed by atoms with Crippen molar-refractivity contribution in [3.8, 4) is 0 Å². The van der Waals surface area contributed by atoms with Crippen LogP contribution in [0.15, 0.2) is 0 Å². The third-order valence-electron chi connectivity index (χ3n) is 2.89. The Labute approximate surface area is 96.0 Å². The lowest BCUT2D eigenvalue weighted by Gasteiger charge is -2.14. The van der Waals surface area contributed by atoms with Gasteiger partial charge in [0.2, 0.25) is 15.9 Å². The van der Waals surface area contributed by atoms with Crippen molar-refractivity contribution in [2.24, 2.45) is 11.7 Å². The van der Waals surface area contributed by atoms with Crippen LogP contribution in [-0.4, -0.2) is 39.7 Å². The van der Waals surface area contributed by atoms with Crippen molar-refractivity contribution in [1.82, 2.24) is 10.0 Å². The molecule has 6 nitrogen and oxygen atoms in total. The van der Waals surface area contributed by atoms with E-state index in [2.05, 4.69) is 10.0 Å². The molecule has 0 aliphatic heterocycles. The van der Waals surface area contributed by atoms with Gasteiger partial charge in [-0.15, -0.1) is 0 Å². The molecule has 1 aliphatic carbocycles. The maximum absolute atomic E-state index is 11.6. The lowest BCUT2D eigenvalue weighted by Crippen LogP contribution is -2.41. The average Bonchev–Trinajstić information content (AvgIpc) is 2.64. The molecule has 0 bridgehead atoms. The molecule has 1 aliphatic rings. The zero-order chi connectivity index (χ0) is 12.2. The van der Waals surface area contributed by atoms with E-state index in [4.69, 9.17) is 5.73 Å². The highest BCUT2D eigenvalue weighted by molar-refractivity contribution is 7.89. The summed E-state index contributed by atoms with van der Waals surface area (Å²) in [5.74, 6) is -0.384. The SMILES string of the molecule is CNS(=O)(=O)CCNC(=O)C1CCCC1N. The highest BCUT2D eigenvalue weighted by Gasteiger charge is 2.29. The number of nitrogens with one attached hydrogen (secondary N) is 2. The van der Waals surface area contributed by atoms with Gasteiger partial charge in [0, 0.05) is 12.6 Å². The minimum atomic E-state index is -3.25. The third kappa shape index (κ3) is 3.73. The van der Waals surface area contributed by atoms with Crippen LogP contribution in [0.1, 0.15) is 19.3 Å². The Bertz CT molecular complexity index is 342. The van der Waals surface area contributed by atoms with E-state index in [9.17, 15) is 13.2 Å². The zero-order valence-corrected chi connectivity index (χ0v) is 10.2. The van der Waals surface area contributed by atoms with Gasteiger partial charge in [0.25, 0.3) is 0 Å². The monoisotopic (exact) mass is 249 g/mol. The largest absolute Gasteiger partial charge is 0.355 e. The Kier molecular flexibility index (Phi) is 4.69. The van der Waals surface area contributed by atoms with Crippen molar-refractivity contribution in [3.63, 3.8) is 0 Å². The highest BCUT2D eigenvalue weighted by Crippen LogP contribution is 2.23. The fourth-order valence-corrected chi connectivity index (χ4v) is 2.43. The second-order valence-corrected chi connectivity index (χ2v) is 6.06. The maximum atomic E-state index is 11.6. The van der Waals surface area contributed by atoms with Gasteiger partial charge < -0.3 is 11.1 Å². The van der Waals surface area contributed by atoms with Gasteiger partial charge in [0.05, 0.1) is 11.7 Å². The Hall–Kier alpha value is -0.660. The summed E-state index contributed by atoms with van der Waals surface area (Å²) >= 11 is 0. The second-order valence-electron chi connectivity index (χ2n) is 4.02. The summed E-state index contributed by atoms with van der Waals surface area (Å²) in [5, 5.41) is 2.61. The number of carbonyl (C=O) groups excluding carboxylic acids is 1. The molecule has 16 heavy (non-hydrogen) atoms. The second kappa shape index (κ2) is 5.60. The van der Waals surface area contributed by atoms with Gasteiger partial charge in [0.15, 0.2) is 0 Å². The molecule has 0 aromatic heterocycles. The molecular formula is C9H19N3O3S. The number of hydrogen-bond acceptors (Lipinski definition) is 4. The number of sulfonamides is 1. The number of rotatable bonds is 5. The van der Waals surface area contributed by atoms with E-state index < -0.39 is 10.0 Å². The molecule has 1 saturated carbocycles. The van der Waals surface area contributed by atoms with Crippen LogP contribution in [0.3, 0.4) is 0 Å². The first-order chi connectivity index (χ1) is 7.46. The van der Waals surface area contributed by atoms with Crippen molar-refractivity contribution in [1.29, 1.82) is 0 Å². The molecule has 1 fully saturated rings. The van der Waals surface area contributed by atoms with E-state index in [1.807, 2.05) is 0 Å². The van der Waals surface area contributed by atoms with Gasteiger partial charge in [-0.05, 0) is 19.9 Å². The summed E-state index contributed by atoms with van der Waals surface area (Å²) in [6.45, 7) is 0.130. The Balaban J connectivity index is 2.30. The molecule has 7 heteroatoms. The average molecular weight is 249 g/mol. The van der Waals surface area contributed by atoms with Crippen LogP contribution in [0.2, 0.25) is 0 Å². The van der Waals surface area contributed by atoms with Crippen molar-refractivity contribution in [2.75, 3.05) is 19.3 Å². The summed E-state index contributed by atoms with van der Waals surface area (Å²) in [6.07, 6.45) is 2.63. The molecule has 0 heterocycles. The van der Waals surface area contributed by atoms with E-state index >= 15 is 0 Å². The van der Waals surface area contributed by atoms with E-state index in [0.29, 0.717) is 0 Å². The lowest BCUT2D eigenvalue weighted by atomic mass is 10.0. The fraction of sp³-hybridized carbons (Fsp3) is 0.889. The number of amides is 1. The molecule has 0 aromatic carbocycles. The molecule has 4 N–H and O–H groups in total. The first-order valence-electron chi connectivity index (χ1n) is 5.41. The van der Waals surface area contributed by atoms with Gasteiger partial charge in [-0.25, -0.2) is 13.1 Å². The Morgan fingerprint density at radius 3 is 2.62 bits per heavy atom. The first-order valence-corrected chi connectivity index (χ1v) is 7.06. The quantitative estimate of drug-likeness (QED) is 0.568. The van der Waals surface area contributed by atoms with Gasteiger partial charge in [0.1, 0.15) is 0 Å². The molecule has 1 rings (SSSR count). The summed E-state index contributed by atoms with van der Waals surface area (Å²) in [7, 11) is -1.90. The van der Waals surface area contributed by atoms with E-state index in [0.717, 1.165) is 19.3 Å². The summed E-state index contributed by atoms with van der Waals surface area (Å²) < 4.78 is 24.3. The first kappa shape index (κ1) is 13.4. The molecular weight excluding hydrogens is 230 g/mol. The minimum Gasteiger partial charge on any atom is -0.355 e. The normalized spacial score (nSPS) is 25.6. The molecule has 0 saturated heterocycles. The molecule has 2 unspecified atom stereocenters. The predicted molar refractivity (Wildman–Crippen MR) is 61.2 cm³/mol. The van der Waals surface area contributed by atoms with Crippen LogP contribution < -0.4 is 15.8 Å². The van der Waals surface area contributed by atoms with Gasteiger partial charge in [-0.1, -0.05) is 6.42 Å². The standard InChI is InChI=1S/C9H19N3O3S/c1-11-16(14,15)6-5-12-9(13)7-3-2-4-8(7)10/h7-8,11H,2-6,10H2,1H3,(H,12,13). The van der Waals surface area contributed by atoms with Crippen LogP contribution in [0.5, 0.6) is 0 Å². The maximum Gasteiger partial charge on any atom is 0.224 e. The Morgan fingerprint density at radius 2 is 2.12 bits per heavy atom. The molecule has 1 amide bonds. The molecule has 0 aromatic rings. The fourth-order valence-electron chi connectivity index (χ4n) is 1.86. The summed E-state index contributed by atoms with van der Waals surface area (Å²) in [4.78, 5) is 11.6. The Morgan fingerprint density at radius 1 is 1.44 bits per heavy atom. The van der Waals surface area contributed by atoms with Crippen LogP contribution >= 0.6 is 0 Å². The molecule has 0 spiro atoms. The van der Waals surface area contributed by atoms with Crippen LogP contribution in [0.4, 0.5) is 0 Å². The topological polar surface area (TPSA) is 101 Å². The highest BCUT2D eigenvalue weighted by atomic mass is 32.2. The lowest BCUT2D eigenvalue weighted by molar-refractivity contribution is -0.125. The van der Waals surface area contributed by atoms with E-state index in [1.54, 1.807) is 0 Å². The molecule has 2 atom stereocenters. The van der Waals surface area contributed by atoms with Crippen LogP contribution in [0.25, 0.3) is 0 Å². The number of carbonyl (C=O) groups is 1. The minimum absolute atomic E-state index is 0.0825. The number of hydrogen-bond donors (Lipinski definition) is 3. The van der Waals surface area contributed by atoms with E-state index in [-0.39, 0.29) is 30.2 Å².